The molecule has 0 saturated heterocycles. The molecule has 0 radical (unpaired) electrons. The van der Waals surface area contributed by atoms with Crippen LogP contribution < -0.4 is 0 Å². The molecule has 1 aromatic rings. The minimum Gasteiger partial charge on any atom is -0.281 e. The summed E-state index contributed by atoms with van der Waals surface area (Å²) < 4.78 is 0. The Bertz CT molecular complexity index is 280. The summed E-state index contributed by atoms with van der Waals surface area (Å²) in [6.07, 6.45) is 1.35. The van der Waals surface area contributed by atoms with Gasteiger partial charge < -0.3 is 0 Å². The summed E-state index contributed by atoms with van der Waals surface area (Å²) in [4.78, 5) is 0. The molecule has 1 rings (SSSR count). The topological polar surface area (TPSA) is 52.5 Å². The van der Waals surface area contributed by atoms with Crippen LogP contribution in [0.5, 0.6) is 0 Å². The van der Waals surface area contributed by atoms with E-state index in [9.17, 15) is 0 Å². The summed E-state index contributed by atoms with van der Waals surface area (Å²) in [5.41, 5.74) is 3.15. The minimum absolute atomic E-state index is 0.429. The van der Waals surface area contributed by atoms with Crippen molar-refractivity contribution in [1.29, 1.82) is 5.26 Å². The summed E-state index contributed by atoms with van der Waals surface area (Å²) >= 11 is 0. The second-order valence-corrected chi connectivity index (χ2v) is 2.46. The van der Waals surface area contributed by atoms with Crippen LogP contribution in [0.4, 0.5) is 0 Å². The molecular formula is C8H11N3. The highest BCUT2D eigenvalue weighted by molar-refractivity contribution is 5.25. The summed E-state index contributed by atoms with van der Waals surface area (Å²) in [5, 5.41) is 15.4. The van der Waals surface area contributed by atoms with Crippen LogP contribution >= 0.6 is 0 Å². The van der Waals surface area contributed by atoms with E-state index in [1.807, 2.05) is 6.92 Å². The number of hydrogen-bond acceptors (Lipinski definition) is 2. The molecule has 0 spiro atoms. The number of nitrogens with zero attached hydrogens (tertiary/aromatic N) is 2. The molecule has 0 unspecified atom stereocenters. The fraction of sp³-hybridized carbons (Fsp3) is 0.500. The maximum atomic E-state index is 8.43. The minimum atomic E-state index is 0.429. The van der Waals surface area contributed by atoms with Gasteiger partial charge in [0.2, 0.25) is 0 Å². The molecule has 58 valence electrons. The summed E-state index contributed by atoms with van der Waals surface area (Å²) in [7, 11) is 0. The Morgan fingerprint density at radius 1 is 1.64 bits per heavy atom. The van der Waals surface area contributed by atoms with Gasteiger partial charge in [0.15, 0.2) is 0 Å². The zero-order valence-corrected chi connectivity index (χ0v) is 6.81. The maximum Gasteiger partial charge on any atom is 0.0771 e. The zero-order chi connectivity index (χ0) is 8.27. The van der Waals surface area contributed by atoms with Gasteiger partial charge in [0, 0.05) is 0 Å². The highest BCUT2D eigenvalue weighted by Crippen LogP contribution is 2.09. The first-order valence-corrected chi connectivity index (χ1v) is 3.69. The summed E-state index contributed by atoms with van der Waals surface area (Å²) in [6.45, 7) is 4.05. The van der Waals surface area contributed by atoms with Crippen LogP contribution in [-0.2, 0) is 12.8 Å². The number of aromatic amines is 1. The standard InChI is InChI=1S/C8H11N3/c1-3-7-6(2)8(4-5-9)11-10-7/h3-4H2,1-2H3,(H,10,11). The van der Waals surface area contributed by atoms with Gasteiger partial charge in [0.25, 0.3) is 0 Å². The van der Waals surface area contributed by atoms with Gasteiger partial charge in [-0.2, -0.15) is 10.4 Å². The van der Waals surface area contributed by atoms with Crippen molar-refractivity contribution in [3.05, 3.63) is 17.0 Å². The summed E-state index contributed by atoms with van der Waals surface area (Å²) in [5.74, 6) is 0. The molecule has 3 nitrogen and oxygen atoms in total. The molecule has 3 heteroatoms. The molecular weight excluding hydrogens is 138 g/mol. The smallest absolute Gasteiger partial charge is 0.0771 e. The van der Waals surface area contributed by atoms with E-state index in [2.05, 4.69) is 23.2 Å². The Balaban J connectivity index is 2.93. The van der Waals surface area contributed by atoms with E-state index in [0.717, 1.165) is 23.4 Å². The Labute approximate surface area is 66.0 Å². The van der Waals surface area contributed by atoms with Crippen molar-refractivity contribution in [3.8, 4) is 6.07 Å². The second-order valence-electron chi connectivity index (χ2n) is 2.46. The number of nitrogens with one attached hydrogen (secondary N) is 1. The third-order valence-corrected chi connectivity index (χ3v) is 1.80. The average molecular weight is 149 g/mol. The largest absolute Gasteiger partial charge is 0.281 e. The van der Waals surface area contributed by atoms with Crippen LogP contribution in [0.15, 0.2) is 0 Å². The van der Waals surface area contributed by atoms with Gasteiger partial charge in [0.05, 0.1) is 23.9 Å². The molecule has 0 bridgehead atoms. The zero-order valence-electron chi connectivity index (χ0n) is 6.81. The van der Waals surface area contributed by atoms with Crippen LogP contribution in [0.2, 0.25) is 0 Å². The second kappa shape index (κ2) is 3.20. The third-order valence-electron chi connectivity index (χ3n) is 1.80. The Morgan fingerprint density at radius 2 is 2.36 bits per heavy atom. The lowest BCUT2D eigenvalue weighted by molar-refractivity contribution is 0.951. The van der Waals surface area contributed by atoms with Crippen molar-refractivity contribution in [3.63, 3.8) is 0 Å². The number of rotatable bonds is 2. The van der Waals surface area contributed by atoms with Gasteiger partial charge in [-0.15, -0.1) is 0 Å². The first-order valence-electron chi connectivity index (χ1n) is 3.69. The number of nitriles is 1. The van der Waals surface area contributed by atoms with Crippen molar-refractivity contribution < 1.29 is 0 Å². The van der Waals surface area contributed by atoms with Crippen LogP contribution in [0.1, 0.15) is 23.9 Å². The predicted octanol–water partition coefficient (Wildman–Crippen LogP) is 1.35. The van der Waals surface area contributed by atoms with E-state index in [1.165, 1.54) is 0 Å². The fourth-order valence-corrected chi connectivity index (χ4v) is 1.07. The van der Waals surface area contributed by atoms with E-state index in [4.69, 9.17) is 5.26 Å². The number of H-pyrrole nitrogens is 1. The van der Waals surface area contributed by atoms with E-state index in [1.54, 1.807) is 0 Å². The van der Waals surface area contributed by atoms with Gasteiger partial charge in [-0.25, -0.2) is 0 Å². The molecule has 0 saturated carbocycles. The van der Waals surface area contributed by atoms with Crippen LogP contribution in [0, 0.1) is 18.3 Å². The molecule has 0 atom stereocenters. The normalized spacial score (nSPS) is 9.55. The van der Waals surface area contributed by atoms with Gasteiger partial charge in [-0.1, -0.05) is 6.92 Å². The van der Waals surface area contributed by atoms with Crippen LogP contribution in [-0.4, -0.2) is 10.2 Å². The molecule has 0 amide bonds. The molecule has 0 aliphatic carbocycles. The number of aryl methyl sites for hydroxylation is 1. The molecule has 11 heavy (non-hydrogen) atoms. The van der Waals surface area contributed by atoms with Gasteiger partial charge in [-0.3, -0.25) is 5.10 Å². The first-order chi connectivity index (χ1) is 5.29. The lowest BCUT2D eigenvalue weighted by atomic mass is 10.1. The highest BCUT2D eigenvalue weighted by Gasteiger charge is 2.05. The van der Waals surface area contributed by atoms with Crippen LogP contribution in [0.3, 0.4) is 0 Å². The van der Waals surface area contributed by atoms with Crippen molar-refractivity contribution in [1.82, 2.24) is 10.2 Å². The lowest BCUT2D eigenvalue weighted by Gasteiger charge is -1.91. The van der Waals surface area contributed by atoms with Gasteiger partial charge >= 0.3 is 0 Å². The number of hydrogen-bond donors (Lipinski definition) is 1. The van der Waals surface area contributed by atoms with E-state index >= 15 is 0 Å². The van der Waals surface area contributed by atoms with Crippen LogP contribution in [0.25, 0.3) is 0 Å². The Hall–Kier alpha value is -1.30. The molecule has 0 aliphatic rings. The molecule has 1 N–H and O–H groups in total. The van der Waals surface area contributed by atoms with Gasteiger partial charge in [0.1, 0.15) is 0 Å². The Kier molecular flexibility index (Phi) is 2.27. The Morgan fingerprint density at radius 3 is 2.82 bits per heavy atom. The van der Waals surface area contributed by atoms with Crippen molar-refractivity contribution in [2.24, 2.45) is 0 Å². The first kappa shape index (κ1) is 7.80. The number of aromatic nitrogens is 2. The molecule has 0 fully saturated rings. The lowest BCUT2D eigenvalue weighted by Crippen LogP contribution is -1.85. The predicted molar refractivity (Wildman–Crippen MR) is 42.0 cm³/mol. The average Bonchev–Trinajstić information content (AvgIpc) is 2.34. The van der Waals surface area contributed by atoms with Crippen molar-refractivity contribution in [2.45, 2.75) is 26.7 Å². The molecule has 0 aromatic carbocycles. The molecule has 0 aliphatic heterocycles. The fourth-order valence-electron chi connectivity index (χ4n) is 1.07. The van der Waals surface area contributed by atoms with E-state index < -0.39 is 0 Å². The third kappa shape index (κ3) is 1.40. The van der Waals surface area contributed by atoms with E-state index in [-0.39, 0.29) is 0 Å². The van der Waals surface area contributed by atoms with Crippen molar-refractivity contribution in [2.75, 3.05) is 0 Å². The maximum absolute atomic E-state index is 8.43. The highest BCUT2D eigenvalue weighted by atomic mass is 15.1. The summed E-state index contributed by atoms with van der Waals surface area (Å²) in [6, 6.07) is 2.09. The quantitative estimate of drug-likeness (QED) is 0.690. The van der Waals surface area contributed by atoms with Gasteiger partial charge in [-0.05, 0) is 18.9 Å². The molecule has 1 heterocycles. The van der Waals surface area contributed by atoms with Crippen molar-refractivity contribution >= 4 is 0 Å². The SMILES string of the molecule is CCc1n[nH]c(CC#N)c1C. The molecule has 1 aromatic heterocycles. The van der Waals surface area contributed by atoms with E-state index in [0.29, 0.717) is 6.42 Å². The monoisotopic (exact) mass is 149 g/mol.